The van der Waals surface area contributed by atoms with E-state index in [1.807, 2.05) is 32.2 Å². The fourth-order valence-corrected chi connectivity index (χ4v) is 3.72. The Morgan fingerprint density at radius 2 is 1.69 bits per heavy atom. The van der Waals surface area contributed by atoms with E-state index in [9.17, 15) is 13.2 Å². The number of nitrogens with one attached hydrogen (secondary N) is 1. The predicted molar refractivity (Wildman–Crippen MR) is 111 cm³/mol. The standard InChI is InChI=1S/C21H24N4O3S/c1-15-13-22-25(14-15)19-9-5-18(6-10-19)21(26)23-16(2)17-7-11-20(12-8-17)29(27,28)24(3)4/h5-14,16H,1-4H3,(H,23,26). The molecule has 3 rings (SSSR count). The van der Waals surface area contributed by atoms with Crippen molar-refractivity contribution in [2.75, 3.05) is 14.1 Å². The van der Waals surface area contributed by atoms with Gasteiger partial charge in [-0.05, 0) is 61.4 Å². The fraction of sp³-hybridized carbons (Fsp3) is 0.238. The number of aryl methyl sites for hydroxylation is 1. The largest absolute Gasteiger partial charge is 0.346 e. The number of hydrogen-bond donors (Lipinski definition) is 1. The zero-order chi connectivity index (χ0) is 21.2. The van der Waals surface area contributed by atoms with Crippen LogP contribution in [0.5, 0.6) is 0 Å². The van der Waals surface area contributed by atoms with Crippen LogP contribution in [0, 0.1) is 6.92 Å². The van der Waals surface area contributed by atoms with Gasteiger partial charge in [0.2, 0.25) is 10.0 Å². The van der Waals surface area contributed by atoms with Crippen molar-refractivity contribution in [1.29, 1.82) is 0 Å². The normalized spacial score (nSPS) is 12.7. The molecule has 2 aromatic carbocycles. The van der Waals surface area contributed by atoms with Gasteiger partial charge < -0.3 is 5.32 Å². The molecule has 1 heterocycles. The van der Waals surface area contributed by atoms with E-state index < -0.39 is 10.0 Å². The van der Waals surface area contributed by atoms with Gasteiger partial charge >= 0.3 is 0 Å². The minimum absolute atomic E-state index is 0.203. The SMILES string of the molecule is Cc1cnn(-c2ccc(C(=O)NC(C)c3ccc(S(=O)(=O)N(C)C)cc3)cc2)c1. The van der Waals surface area contributed by atoms with Gasteiger partial charge in [0.1, 0.15) is 0 Å². The van der Waals surface area contributed by atoms with Gasteiger partial charge in [-0.1, -0.05) is 12.1 Å². The number of sulfonamides is 1. The van der Waals surface area contributed by atoms with Crippen LogP contribution in [0.15, 0.2) is 65.8 Å². The van der Waals surface area contributed by atoms with E-state index >= 15 is 0 Å². The first-order valence-corrected chi connectivity index (χ1v) is 10.6. The lowest BCUT2D eigenvalue weighted by Gasteiger charge is -2.16. The second-order valence-electron chi connectivity index (χ2n) is 7.06. The summed E-state index contributed by atoms with van der Waals surface area (Å²) in [5, 5.41) is 7.19. The van der Waals surface area contributed by atoms with Gasteiger partial charge in [-0.15, -0.1) is 0 Å². The third kappa shape index (κ3) is 4.55. The maximum absolute atomic E-state index is 12.6. The highest BCUT2D eigenvalue weighted by Crippen LogP contribution is 2.19. The van der Waals surface area contributed by atoms with E-state index in [-0.39, 0.29) is 16.8 Å². The molecule has 0 bridgehead atoms. The molecule has 1 N–H and O–H groups in total. The summed E-state index contributed by atoms with van der Waals surface area (Å²) in [6.45, 7) is 3.82. The van der Waals surface area contributed by atoms with Crippen molar-refractivity contribution >= 4 is 15.9 Å². The highest BCUT2D eigenvalue weighted by molar-refractivity contribution is 7.89. The molecule has 0 aliphatic heterocycles. The van der Waals surface area contributed by atoms with Crippen LogP contribution in [0.4, 0.5) is 0 Å². The maximum Gasteiger partial charge on any atom is 0.251 e. The number of benzene rings is 2. The average molecular weight is 413 g/mol. The molecule has 0 fully saturated rings. The van der Waals surface area contributed by atoms with Crippen molar-refractivity contribution in [3.05, 3.63) is 77.6 Å². The van der Waals surface area contributed by atoms with Crippen molar-refractivity contribution < 1.29 is 13.2 Å². The zero-order valence-corrected chi connectivity index (χ0v) is 17.6. The second kappa shape index (κ2) is 8.18. The van der Waals surface area contributed by atoms with Crippen LogP contribution in [-0.2, 0) is 10.0 Å². The van der Waals surface area contributed by atoms with Crippen LogP contribution in [0.3, 0.4) is 0 Å². The second-order valence-corrected chi connectivity index (χ2v) is 9.21. The number of rotatable bonds is 6. The fourth-order valence-electron chi connectivity index (χ4n) is 2.82. The number of amides is 1. The predicted octanol–water partition coefficient (Wildman–Crippen LogP) is 2.92. The summed E-state index contributed by atoms with van der Waals surface area (Å²) in [4.78, 5) is 12.8. The Kier molecular flexibility index (Phi) is 5.86. The van der Waals surface area contributed by atoms with Gasteiger partial charge in [0.05, 0.1) is 22.8 Å². The molecule has 0 aliphatic carbocycles. The lowest BCUT2D eigenvalue weighted by atomic mass is 10.1. The Morgan fingerprint density at radius 1 is 1.07 bits per heavy atom. The topological polar surface area (TPSA) is 84.3 Å². The molecule has 29 heavy (non-hydrogen) atoms. The van der Waals surface area contributed by atoms with Crippen LogP contribution in [-0.4, -0.2) is 42.5 Å². The molecule has 3 aromatic rings. The van der Waals surface area contributed by atoms with E-state index in [0.717, 1.165) is 16.8 Å². The molecule has 1 atom stereocenters. The smallest absolute Gasteiger partial charge is 0.251 e. The average Bonchev–Trinajstić information content (AvgIpc) is 3.14. The summed E-state index contributed by atoms with van der Waals surface area (Å²) in [6, 6.07) is 13.4. The molecule has 0 radical (unpaired) electrons. The summed E-state index contributed by atoms with van der Waals surface area (Å²) >= 11 is 0. The van der Waals surface area contributed by atoms with Gasteiger partial charge in [-0.3, -0.25) is 4.79 Å². The first-order chi connectivity index (χ1) is 13.7. The summed E-state index contributed by atoms with van der Waals surface area (Å²) in [7, 11) is -0.490. The highest BCUT2D eigenvalue weighted by atomic mass is 32.2. The zero-order valence-electron chi connectivity index (χ0n) is 16.8. The summed E-state index contributed by atoms with van der Waals surface area (Å²) < 4.78 is 27.2. The van der Waals surface area contributed by atoms with Crippen molar-refractivity contribution in [2.45, 2.75) is 24.8 Å². The van der Waals surface area contributed by atoms with E-state index in [1.54, 1.807) is 47.3 Å². The number of carbonyl (C=O) groups is 1. The van der Waals surface area contributed by atoms with E-state index in [2.05, 4.69) is 10.4 Å². The Labute approximate surface area is 171 Å². The summed E-state index contributed by atoms with van der Waals surface area (Å²) in [5.41, 5.74) is 3.29. The molecule has 0 saturated carbocycles. The van der Waals surface area contributed by atoms with E-state index in [4.69, 9.17) is 0 Å². The molecule has 152 valence electrons. The molecular formula is C21H24N4O3S. The molecule has 1 aromatic heterocycles. The van der Waals surface area contributed by atoms with Crippen LogP contribution < -0.4 is 5.32 Å². The van der Waals surface area contributed by atoms with Crippen molar-refractivity contribution in [3.63, 3.8) is 0 Å². The quantitative estimate of drug-likeness (QED) is 0.675. The van der Waals surface area contributed by atoms with Gasteiger partial charge in [0.25, 0.3) is 5.91 Å². The highest BCUT2D eigenvalue weighted by Gasteiger charge is 2.18. The molecule has 7 nitrogen and oxygen atoms in total. The first kappa shape index (κ1) is 20.8. The molecule has 0 spiro atoms. The lowest BCUT2D eigenvalue weighted by Crippen LogP contribution is -2.27. The van der Waals surface area contributed by atoms with Gasteiger partial charge in [-0.25, -0.2) is 17.4 Å². The Bertz CT molecular complexity index is 1100. The van der Waals surface area contributed by atoms with Crippen molar-refractivity contribution in [1.82, 2.24) is 19.4 Å². The monoisotopic (exact) mass is 412 g/mol. The number of carbonyl (C=O) groups excluding carboxylic acids is 1. The Balaban J connectivity index is 1.69. The summed E-state index contributed by atoms with van der Waals surface area (Å²) in [6.07, 6.45) is 3.69. The third-order valence-electron chi connectivity index (χ3n) is 4.61. The number of hydrogen-bond acceptors (Lipinski definition) is 4. The minimum Gasteiger partial charge on any atom is -0.346 e. The minimum atomic E-state index is -3.47. The molecule has 8 heteroatoms. The van der Waals surface area contributed by atoms with Crippen LogP contribution >= 0.6 is 0 Å². The number of nitrogens with zero attached hydrogens (tertiary/aromatic N) is 3. The molecule has 1 unspecified atom stereocenters. The van der Waals surface area contributed by atoms with Gasteiger partial charge in [-0.2, -0.15) is 5.10 Å². The first-order valence-electron chi connectivity index (χ1n) is 9.13. The molecular weight excluding hydrogens is 388 g/mol. The van der Waals surface area contributed by atoms with E-state index in [0.29, 0.717) is 5.56 Å². The van der Waals surface area contributed by atoms with Crippen molar-refractivity contribution in [2.24, 2.45) is 0 Å². The Morgan fingerprint density at radius 3 is 2.21 bits per heavy atom. The van der Waals surface area contributed by atoms with E-state index in [1.165, 1.54) is 18.4 Å². The van der Waals surface area contributed by atoms with Gasteiger partial charge in [0, 0.05) is 25.9 Å². The third-order valence-corrected chi connectivity index (χ3v) is 6.44. The van der Waals surface area contributed by atoms with Crippen LogP contribution in [0.2, 0.25) is 0 Å². The Hall–Kier alpha value is -2.97. The lowest BCUT2D eigenvalue weighted by molar-refractivity contribution is 0.0940. The molecule has 0 aliphatic rings. The van der Waals surface area contributed by atoms with Crippen LogP contribution in [0.1, 0.15) is 34.5 Å². The van der Waals surface area contributed by atoms with Gasteiger partial charge in [0.15, 0.2) is 0 Å². The summed E-state index contributed by atoms with van der Waals surface area (Å²) in [5.74, 6) is -0.203. The molecule has 0 saturated heterocycles. The van der Waals surface area contributed by atoms with Crippen LogP contribution in [0.25, 0.3) is 5.69 Å². The maximum atomic E-state index is 12.6. The molecule has 1 amide bonds. The van der Waals surface area contributed by atoms with Crippen molar-refractivity contribution in [3.8, 4) is 5.69 Å². The number of aromatic nitrogens is 2.